The van der Waals surface area contributed by atoms with E-state index in [1.807, 2.05) is 61.5 Å². The molecule has 0 unspecified atom stereocenters. The first kappa shape index (κ1) is 23.7. The number of hydrogen-bond donors (Lipinski definition) is 2. The number of hydrogen-bond acceptors (Lipinski definition) is 3. The normalized spacial score (nSPS) is 19.6. The number of Topliss-reactive ketones (excluding diaryl/α,β-unsaturated/α-hetero) is 1. The van der Waals surface area contributed by atoms with Gasteiger partial charge in [-0.15, -0.1) is 0 Å². The molecular formula is C30H26F2N2O2. The number of anilines is 1. The first-order valence-electron chi connectivity index (χ1n) is 11.9. The van der Waals surface area contributed by atoms with E-state index in [9.17, 15) is 18.4 Å². The van der Waals surface area contributed by atoms with Crippen LogP contribution in [-0.2, 0) is 9.59 Å². The first-order chi connectivity index (χ1) is 17.3. The molecule has 0 bridgehead atoms. The van der Waals surface area contributed by atoms with Gasteiger partial charge in [0, 0.05) is 40.9 Å². The van der Waals surface area contributed by atoms with E-state index >= 15 is 0 Å². The van der Waals surface area contributed by atoms with Crippen molar-refractivity contribution in [1.82, 2.24) is 5.32 Å². The van der Waals surface area contributed by atoms with Crippen LogP contribution in [0.2, 0.25) is 0 Å². The van der Waals surface area contributed by atoms with Gasteiger partial charge in [-0.25, -0.2) is 8.78 Å². The molecule has 3 aromatic carbocycles. The number of nitrogens with one attached hydrogen (secondary N) is 2. The second kappa shape index (κ2) is 9.53. The van der Waals surface area contributed by atoms with Gasteiger partial charge >= 0.3 is 0 Å². The van der Waals surface area contributed by atoms with Gasteiger partial charge in [-0.3, -0.25) is 9.59 Å². The summed E-state index contributed by atoms with van der Waals surface area (Å²) < 4.78 is 27.7. The van der Waals surface area contributed by atoms with Crippen LogP contribution in [0.3, 0.4) is 0 Å². The van der Waals surface area contributed by atoms with Crippen LogP contribution in [0.15, 0.2) is 95.3 Å². The van der Waals surface area contributed by atoms with E-state index in [-0.39, 0.29) is 17.4 Å². The number of carbonyl (C=O) groups excluding carboxylic acids is 2. The molecule has 5 rings (SSSR count). The van der Waals surface area contributed by atoms with Gasteiger partial charge in [0.2, 0.25) is 0 Å². The molecule has 4 nitrogen and oxygen atoms in total. The summed E-state index contributed by atoms with van der Waals surface area (Å²) in [6, 6.07) is 20.7. The summed E-state index contributed by atoms with van der Waals surface area (Å²) in [6.45, 7) is 3.76. The van der Waals surface area contributed by atoms with E-state index in [2.05, 4.69) is 10.6 Å². The van der Waals surface area contributed by atoms with Crippen molar-refractivity contribution in [2.75, 3.05) is 5.32 Å². The van der Waals surface area contributed by atoms with Crippen LogP contribution in [0, 0.1) is 18.6 Å². The Balaban J connectivity index is 1.56. The zero-order chi connectivity index (χ0) is 25.4. The van der Waals surface area contributed by atoms with Gasteiger partial charge in [0.25, 0.3) is 5.91 Å². The largest absolute Gasteiger partial charge is 0.362 e. The molecule has 0 saturated heterocycles. The lowest BCUT2D eigenvalue weighted by molar-refractivity contribution is -0.116. The zero-order valence-corrected chi connectivity index (χ0v) is 20.1. The molecule has 0 saturated carbocycles. The number of ketones is 1. The molecule has 0 aromatic heterocycles. The lowest BCUT2D eigenvalue weighted by Gasteiger charge is -2.37. The molecule has 1 heterocycles. The smallest absolute Gasteiger partial charge is 0.254 e. The fourth-order valence-electron chi connectivity index (χ4n) is 5.17. The number of carbonyl (C=O) groups is 2. The van der Waals surface area contributed by atoms with Crippen molar-refractivity contribution in [2.24, 2.45) is 0 Å². The summed E-state index contributed by atoms with van der Waals surface area (Å²) in [5.74, 6) is -2.71. The molecule has 2 aliphatic rings. The molecule has 36 heavy (non-hydrogen) atoms. The summed E-state index contributed by atoms with van der Waals surface area (Å²) in [5.41, 5.74) is 5.17. The monoisotopic (exact) mass is 484 g/mol. The Morgan fingerprint density at radius 3 is 2.33 bits per heavy atom. The van der Waals surface area contributed by atoms with Gasteiger partial charge in [0.15, 0.2) is 5.78 Å². The highest BCUT2D eigenvalue weighted by atomic mass is 19.1. The van der Waals surface area contributed by atoms with Crippen molar-refractivity contribution >= 4 is 17.4 Å². The average molecular weight is 485 g/mol. The third kappa shape index (κ3) is 4.47. The molecule has 1 aliphatic heterocycles. The Kier molecular flexibility index (Phi) is 6.27. The number of aryl methyl sites for hydroxylation is 1. The van der Waals surface area contributed by atoms with Gasteiger partial charge in [-0.1, -0.05) is 60.2 Å². The van der Waals surface area contributed by atoms with Crippen LogP contribution >= 0.6 is 0 Å². The minimum absolute atomic E-state index is 0.0195. The van der Waals surface area contributed by atoms with Gasteiger partial charge in [0.05, 0.1) is 5.69 Å². The second-order valence-electron chi connectivity index (χ2n) is 9.42. The molecule has 1 amide bonds. The van der Waals surface area contributed by atoms with Gasteiger partial charge < -0.3 is 10.6 Å². The Hall–Kier alpha value is -4.06. The number of amides is 1. The number of rotatable bonds is 4. The minimum atomic E-state index is -0.864. The number of allylic oxidation sites excluding steroid dienone is 3. The lowest BCUT2D eigenvalue weighted by atomic mass is 9.71. The van der Waals surface area contributed by atoms with Crippen molar-refractivity contribution < 1.29 is 18.4 Å². The first-order valence-corrected chi connectivity index (χ1v) is 11.9. The van der Waals surface area contributed by atoms with E-state index in [1.54, 1.807) is 6.92 Å². The Bertz CT molecular complexity index is 1410. The highest BCUT2D eigenvalue weighted by Crippen LogP contribution is 2.45. The van der Waals surface area contributed by atoms with Crippen LogP contribution in [-0.4, -0.2) is 11.7 Å². The van der Waals surface area contributed by atoms with Crippen molar-refractivity contribution in [3.8, 4) is 0 Å². The van der Waals surface area contributed by atoms with E-state index in [0.717, 1.165) is 34.5 Å². The molecule has 2 N–H and O–H groups in total. The van der Waals surface area contributed by atoms with Crippen molar-refractivity contribution in [1.29, 1.82) is 0 Å². The molecule has 182 valence electrons. The van der Waals surface area contributed by atoms with Crippen LogP contribution in [0.1, 0.15) is 48.3 Å². The van der Waals surface area contributed by atoms with Gasteiger partial charge in [-0.2, -0.15) is 0 Å². The average Bonchev–Trinajstić information content (AvgIpc) is 2.85. The van der Waals surface area contributed by atoms with Crippen LogP contribution in [0.5, 0.6) is 0 Å². The van der Waals surface area contributed by atoms with Crippen molar-refractivity contribution in [3.05, 3.63) is 124 Å². The number of dihydropyridines is 1. The van der Waals surface area contributed by atoms with Crippen molar-refractivity contribution in [3.63, 3.8) is 0 Å². The SMILES string of the molecule is CC1=C(C(=O)Nc2ccc(F)cc2F)[C@H](c2ccc(C)cc2)C2=C(C[C@H](c3ccccc3)CC2=O)N1. The van der Waals surface area contributed by atoms with Crippen LogP contribution in [0.4, 0.5) is 14.5 Å². The lowest BCUT2D eigenvalue weighted by Crippen LogP contribution is -2.37. The standard InChI is InChI=1S/C30H26F2N2O2/c1-17-8-10-20(11-9-17)28-27(30(36)34-24-13-12-22(31)16-23(24)32)18(2)33-25-14-21(15-26(35)29(25)28)19-6-4-3-5-7-19/h3-13,16,21,28,33H,14-15H2,1-2H3,(H,34,36)/t21-,28-/m0/s1. The molecule has 1 aliphatic carbocycles. The highest BCUT2D eigenvalue weighted by molar-refractivity contribution is 6.10. The van der Waals surface area contributed by atoms with Gasteiger partial charge in [0.1, 0.15) is 11.6 Å². The highest BCUT2D eigenvalue weighted by Gasteiger charge is 2.41. The number of benzene rings is 3. The second-order valence-corrected chi connectivity index (χ2v) is 9.42. The molecule has 0 fully saturated rings. The van der Waals surface area contributed by atoms with Crippen LogP contribution in [0.25, 0.3) is 0 Å². The van der Waals surface area contributed by atoms with Gasteiger partial charge in [-0.05, 0) is 49.4 Å². The zero-order valence-electron chi connectivity index (χ0n) is 20.1. The quantitative estimate of drug-likeness (QED) is 0.459. The van der Waals surface area contributed by atoms with E-state index < -0.39 is 23.5 Å². The summed E-state index contributed by atoms with van der Waals surface area (Å²) >= 11 is 0. The molecular weight excluding hydrogens is 458 g/mol. The maximum atomic E-state index is 14.3. The van der Waals surface area contributed by atoms with Crippen molar-refractivity contribution in [2.45, 2.75) is 38.5 Å². The molecule has 6 heteroatoms. The summed E-state index contributed by atoms with van der Waals surface area (Å²) in [7, 11) is 0. The predicted molar refractivity (Wildman–Crippen MR) is 135 cm³/mol. The summed E-state index contributed by atoms with van der Waals surface area (Å²) in [4.78, 5) is 27.2. The molecule has 0 radical (unpaired) electrons. The van der Waals surface area contributed by atoms with E-state index in [1.165, 1.54) is 6.07 Å². The minimum Gasteiger partial charge on any atom is -0.362 e. The Morgan fingerprint density at radius 1 is 0.917 bits per heavy atom. The maximum absolute atomic E-state index is 14.3. The van der Waals surface area contributed by atoms with Crippen LogP contribution < -0.4 is 10.6 Å². The summed E-state index contributed by atoms with van der Waals surface area (Å²) in [6.07, 6.45) is 0.986. The fourth-order valence-corrected chi connectivity index (χ4v) is 5.17. The maximum Gasteiger partial charge on any atom is 0.254 e. The Labute approximate surface area is 208 Å². The Morgan fingerprint density at radius 2 is 1.64 bits per heavy atom. The predicted octanol–water partition coefficient (Wildman–Crippen LogP) is 6.27. The van der Waals surface area contributed by atoms with E-state index in [0.29, 0.717) is 29.7 Å². The topological polar surface area (TPSA) is 58.2 Å². The fraction of sp³-hybridized carbons (Fsp3) is 0.200. The molecule has 0 spiro atoms. The number of halogens is 2. The third-order valence-corrected chi connectivity index (χ3v) is 6.93. The summed E-state index contributed by atoms with van der Waals surface area (Å²) in [5, 5.41) is 5.91. The molecule has 3 aromatic rings. The third-order valence-electron chi connectivity index (χ3n) is 6.93. The molecule has 2 atom stereocenters. The van der Waals surface area contributed by atoms with E-state index in [4.69, 9.17) is 0 Å².